The van der Waals surface area contributed by atoms with E-state index in [-0.39, 0.29) is 6.42 Å². The van der Waals surface area contributed by atoms with Crippen LogP contribution in [0.25, 0.3) is 0 Å². The molecule has 1 saturated heterocycles. The fourth-order valence-electron chi connectivity index (χ4n) is 8.64. The molecule has 0 aromatic carbocycles. The van der Waals surface area contributed by atoms with Crippen LogP contribution in [0.15, 0.2) is 0 Å². The van der Waals surface area contributed by atoms with Gasteiger partial charge < -0.3 is 40.3 Å². The highest BCUT2D eigenvalue weighted by Gasteiger charge is 2.48. The van der Waals surface area contributed by atoms with Crippen LogP contribution < -0.4 is 5.32 Å². The van der Waals surface area contributed by atoms with Crippen molar-refractivity contribution < 1.29 is 57.0 Å². The van der Waals surface area contributed by atoms with Crippen LogP contribution in [0.1, 0.15) is 245 Å². The van der Waals surface area contributed by atoms with Crippen LogP contribution in [-0.4, -0.2) is 107 Å². The van der Waals surface area contributed by atoms with Crippen molar-refractivity contribution in [2.24, 2.45) is 0 Å². The fourth-order valence-corrected chi connectivity index (χ4v) is 9.15. The van der Waals surface area contributed by atoms with Crippen molar-refractivity contribution in [1.82, 2.24) is 5.32 Å². The molecule has 63 heavy (non-hydrogen) atoms. The molecule has 0 bridgehead atoms. The fraction of sp³-hybridized carbons (Fsp3) is 0.980. The van der Waals surface area contributed by atoms with Crippen molar-refractivity contribution >= 4 is 16.3 Å². The third kappa shape index (κ3) is 32.4. The van der Waals surface area contributed by atoms with E-state index in [0.29, 0.717) is 19.3 Å². The summed E-state index contributed by atoms with van der Waals surface area (Å²) in [6, 6.07) is -1.02. The number of ether oxygens (including phenoxy) is 2. The van der Waals surface area contributed by atoms with Gasteiger partial charge in [-0.2, -0.15) is 8.42 Å². The van der Waals surface area contributed by atoms with Gasteiger partial charge in [-0.25, -0.2) is 4.18 Å². The van der Waals surface area contributed by atoms with Crippen LogP contribution >= 0.6 is 0 Å². The van der Waals surface area contributed by atoms with Crippen molar-refractivity contribution in [3.05, 3.63) is 0 Å². The Morgan fingerprint density at radius 1 is 0.571 bits per heavy atom. The zero-order valence-electron chi connectivity index (χ0n) is 40.0. The van der Waals surface area contributed by atoms with Gasteiger partial charge in [0.05, 0.1) is 25.4 Å². The van der Waals surface area contributed by atoms with Crippen LogP contribution in [0.3, 0.4) is 0 Å². The average molecular weight is 924 g/mol. The van der Waals surface area contributed by atoms with Crippen LogP contribution in [-0.2, 0) is 28.9 Å². The summed E-state index contributed by atoms with van der Waals surface area (Å²) in [4.78, 5) is 13.0. The number of aliphatic hydroxyl groups excluding tert-OH is 5. The summed E-state index contributed by atoms with van der Waals surface area (Å²) in [6.07, 6.45) is 33.2. The predicted octanol–water partition coefficient (Wildman–Crippen LogP) is 9.92. The molecule has 8 unspecified atom stereocenters. The summed E-state index contributed by atoms with van der Waals surface area (Å²) in [5.74, 6) is -0.676. The van der Waals surface area contributed by atoms with Gasteiger partial charge in [-0.15, -0.1) is 0 Å². The van der Waals surface area contributed by atoms with Crippen molar-refractivity contribution in [3.8, 4) is 0 Å². The van der Waals surface area contributed by atoms with Gasteiger partial charge in [0, 0.05) is 0 Å². The van der Waals surface area contributed by atoms with Crippen molar-refractivity contribution in [2.45, 2.75) is 294 Å². The highest BCUT2D eigenvalue weighted by atomic mass is 32.3. The normalized spacial score (nSPS) is 20.8. The highest BCUT2D eigenvalue weighted by Crippen LogP contribution is 2.26. The van der Waals surface area contributed by atoms with Crippen molar-refractivity contribution in [2.75, 3.05) is 13.2 Å². The molecule has 7 N–H and O–H groups in total. The van der Waals surface area contributed by atoms with E-state index in [2.05, 4.69) is 16.4 Å². The van der Waals surface area contributed by atoms with Gasteiger partial charge in [0.2, 0.25) is 5.91 Å². The summed E-state index contributed by atoms with van der Waals surface area (Å²) in [7, 11) is -5.10. The third-order valence-electron chi connectivity index (χ3n) is 12.8. The monoisotopic (exact) mass is 924 g/mol. The average Bonchev–Trinajstić information content (AvgIpc) is 3.25. The molecule has 0 aromatic heterocycles. The maximum atomic E-state index is 13.0. The zero-order valence-corrected chi connectivity index (χ0v) is 40.8. The van der Waals surface area contributed by atoms with Gasteiger partial charge in [0.1, 0.15) is 30.5 Å². The van der Waals surface area contributed by atoms with E-state index in [9.17, 15) is 38.7 Å². The first-order valence-corrected chi connectivity index (χ1v) is 27.4. The topological polar surface area (TPSA) is 212 Å². The lowest BCUT2D eigenvalue weighted by Gasteiger charge is -2.41. The van der Waals surface area contributed by atoms with Crippen molar-refractivity contribution in [1.29, 1.82) is 0 Å². The third-order valence-corrected chi connectivity index (χ3v) is 13.2. The smallest absolute Gasteiger partial charge is 0.394 e. The number of amides is 1. The Hall–Kier alpha value is -0.940. The Morgan fingerprint density at radius 3 is 1.29 bits per heavy atom. The second kappa shape index (κ2) is 40.2. The standard InChI is InChI=1S/C49H97NO12S/c1-3-5-7-8-9-10-11-12-13-14-15-16-17-18-19-20-21-22-23-24-25-26-27-28-29-30-31-32-33-34-36-38-43(53)48(56)50-41(42(52)37-35-6-4-2)40-60-49-46(55)47(62-63(57,58)59)45(54)44(39-51)61-49/h41-47,49,51-55H,3-40H2,1-2H3,(H,50,56)(H,57,58,59). The van der Waals surface area contributed by atoms with Gasteiger partial charge in [-0.1, -0.05) is 232 Å². The van der Waals surface area contributed by atoms with E-state index < -0.39 is 78.5 Å². The highest BCUT2D eigenvalue weighted by molar-refractivity contribution is 7.80. The number of carbonyl (C=O) groups excluding carboxylic acids is 1. The minimum Gasteiger partial charge on any atom is -0.394 e. The lowest BCUT2D eigenvalue weighted by Crippen LogP contribution is -2.61. The molecule has 0 spiro atoms. The molecule has 0 aromatic rings. The Morgan fingerprint density at radius 2 is 0.921 bits per heavy atom. The summed E-state index contributed by atoms with van der Waals surface area (Å²) in [5.41, 5.74) is 0. The molecule has 13 nitrogen and oxygen atoms in total. The number of hydrogen-bond donors (Lipinski definition) is 7. The van der Waals surface area contributed by atoms with E-state index in [1.165, 1.54) is 173 Å². The molecule has 376 valence electrons. The second-order valence-electron chi connectivity index (χ2n) is 18.6. The molecule has 8 atom stereocenters. The zero-order chi connectivity index (χ0) is 46.4. The summed E-state index contributed by atoms with van der Waals surface area (Å²) in [5, 5.41) is 54.7. The molecule has 0 saturated carbocycles. The Labute approximate surface area is 384 Å². The Kier molecular flexibility index (Phi) is 38.3. The quantitative estimate of drug-likeness (QED) is 0.0225. The molecule has 1 fully saturated rings. The largest absolute Gasteiger partial charge is 0.397 e. The predicted molar refractivity (Wildman–Crippen MR) is 252 cm³/mol. The molecule has 1 rings (SSSR count). The number of hydrogen-bond acceptors (Lipinski definition) is 11. The van der Waals surface area contributed by atoms with E-state index >= 15 is 0 Å². The first-order valence-electron chi connectivity index (χ1n) is 26.0. The number of aliphatic hydroxyl groups is 5. The Balaban J connectivity index is 2.08. The van der Waals surface area contributed by atoms with E-state index in [0.717, 1.165) is 32.1 Å². The second-order valence-corrected chi connectivity index (χ2v) is 19.7. The first-order chi connectivity index (χ1) is 30.4. The van der Waals surface area contributed by atoms with Gasteiger partial charge in [0.25, 0.3) is 0 Å². The van der Waals surface area contributed by atoms with Crippen LogP contribution in [0.5, 0.6) is 0 Å². The van der Waals surface area contributed by atoms with Gasteiger partial charge in [-0.05, 0) is 12.8 Å². The number of carbonyl (C=O) groups is 1. The molecule has 0 radical (unpaired) electrons. The lowest BCUT2D eigenvalue weighted by atomic mass is 9.99. The van der Waals surface area contributed by atoms with E-state index in [1.54, 1.807) is 0 Å². The SMILES string of the molecule is CCCCCCCCCCCCCCCCCCCCCCCCCCCCCCCCCC(O)C(=O)NC(COC1OC(CO)C(O)C(OS(=O)(=O)O)C1O)C(O)CCCCC. The first kappa shape index (κ1) is 60.1. The Bertz CT molecular complexity index is 1150. The molecule has 1 aliphatic heterocycles. The summed E-state index contributed by atoms with van der Waals surface area (Å²) in [6.45, 7) is 3.09. The van der Waals surface area contributed by atoms with Gasteiger partial charge in [-0.3, -0.25) is 9.35 Å². The van der Waals surface area contributed by atoms with Crippen LogP contribution in [0.2, 0.25) is 0 Å². The lowest BCUT2D eigenvalue weighted by molar-refractivity contribution is -0.298. The number of nitrogens with one attached hydrogen (secondary N) is 1. The summed E-state index contributed by atoms with van der Waals surface area (Å²) < 4.78 is 47.1. The molecule has 1 amide bonds. The van der Waals surface area contributed by atoms with Gasteiger partial charge >= 0.3 is 10.4 Å². The number of rotatable bonds is 45. The minimum atomic E-state index is -5.10. The van der Waals surface area contributed by atoms with Crippen molar-refractivity contribution in [3.63, 3.8) is 0 Å². The molecule has 1 heterocycles. The summed E-state index contributed by atoms with van der Waals surface area (Å²) >= 11 is 0. The maximum absolute atomic E-state index is 13.0. The van der Waals surface area contributed by atoms with Gasteiger partial charge in [0.15, 0.2) is 6.29 Å². The maximum Gasteiger partial charge on any atom is 0.397 e. The molecule has 1 aliphatic rings. The molecular weight excluding hydrogens is 827 g/mol. The van der Waals surface area contributed by atoms with E-state index in [4.69, 9.17) is 14.0 Å². The molecular formula is C49H97NO12S. The van der Waals surface area contributed by atoms with Crippen LogP contribution in [0.4, 0.5) is 0 Å². The van der Waals surface area contributed by atoms with E-state index in [1.807, 2.05) is 6.92 Å². The number of unbranched alkanes of at least 4 members (excludes halogenated alkanes) is 32. The minimum absolute atomic E-state index is 0.264. The molecule has 0 aliphatic carbocycles. The molecule has 14 heteroatoms. The van der Waals surface area contributed by atoms with Crippen LogP contribution in [0, 0.1) is 0 Å².